The summed E-state index contributed by atoms with van der Waals surface area (Å²) in [5, 5.41) is 13.8. The van der Waals surface area contributed by atoms with Gasteiger partial charge in [0.2, 0.25) is 5.91 Å². The zero-order valence-corrected chi connectivity index (χ0v) is 17.8. The Kier molecular flexibility index (Phi) is 6.40. The summed E-state index contributed by atoms with van der Waals surface area (Å²) in [6.45, 7) is 1.40. The largest absolute Gasteiger partial charge is 0.456 e. The lowest BCUT2D eigenvalue weighted by molar-refractivity contribution is -0.384. The molecule has 0 unspecified atom stereocenters. The van der Waals surface area contributed by atoms with E-state index in [1.165, 1.54) is 30.3 Å². The van der Waals surface area contributed by atoms with Gasteiger partial charge in [-0.25, -0.2) is 0 Å². The van der Waals surface area contributed by atoms with Crippen molar-refractivity contribution in [2.75, 3.05) is 23.3 Å². The van der Waals surface area contributed by atoms with Gasteiger partial charge in [-0.05, 0) is 55.3 Å². The lowest BCUT2D eigenvalue weighted by atomic mass is 10.1. The van der Waals surface area contributed by atoms with Crippen molar-refractivity contribution in [2.45, 2.75) is 19.0 Å². The fourth-order valence-electron chi connectivity index (χ4n) is 3.81. The van der Waals surface area contributed by atoms with Gasteiger partial charge >= 0.3 is 6.18 Å². The number of amides is 1. The lowest BCUT2D eigenvalue weighted by Gasteiger charge is -2.22. The molecule has 1 aliphatic rings. The second-order valence-corrected chi connectivity index (χ2v) is 7.72. The second kappa shape index (κ2) is 9.42. The van der Waals surface area contributed by atoms with Crippen LogP contribution in [0.25, 0.3) is 17.4 Å². The summed E-state index contributed by atoms with van der Waals surface area (Å²) in [6.07, 6.45) is -0.209. The Hall–Kier alpha value is -4.08. The Morgan fingerprint density at radius 2 is 1.82 bits per heavy atom. The van der Waals surface area contributed by atoms with Gasteiger partial charge in [-0.15, -0.1) is 0 Å². The molecule has 4 rings (SSSR count). The number of alkyl halides is 3. The molecule has 10 heteroatoms. The average molecular weight is 471 g/mol. The van der Waals surface area contributed by atoms with Crippen LogP contribution in [0.4, 0.5) is 30.2 Å². The van der Waals surface area contributed by atoms with Gasteiger partial charge in [0.05, 0.1) is 27.4 Å². The van der Waals surface area contributed by atoms with Crippen molar-refractivity contribution in [3.8, 4) is 11.3 Å². The molecule has 1 saturated heterocycles. The number of nitrogens with one attached hydrogen (secondary N) is 1. The normalized spacial score (nSPS) is 14.0. The van der Waals surface area contributed by atoms with Crippen molar-refractivity contribution < 1.29 is 27.3 Å². The van der Waals surface area contributed by atoms with Crippen LogP contribution in [0.15, 0.2) is 65.1 Å². The van der Waals surface area contributed by atoms with E-state index in [1.807, 2.05) is 4.90 Å². The Balaban J connectivity index is 1.53. The van der Waals surface area contributed by atoms with Crippen LogP contribution in [-0.2, 0) is 11.0 Å². The molecular formula is C24H20F3N3O4. The highest BCUT2D eigenvalue weighted by atomic mass is 19.4. The molecule has 1 N–H and O–H groups in total. The summed E-state index contributed by atoms with van der Waals surface area (Å²) < 4.78 is 45.2. The predicted octanol–water partition coefficient (Wildman–Crippen LogP) is 6.13. The molecule has 7 nitrogen and oxygen atoms in total. The maximum Gasteiger partial charge on any atom is 0.416 e. The summed E-state index contributed by atoms with van der Waals surface area (Å²) >= 11 is 0. The van der Waals surface area contributed by atoms with Crippen LogP contribution >= 0.6 is 0 Å². The fraction of sp³-hybridized carbons (Fsp3) is 0.208. The number of anilines is 2. The number of nitrogens with zero attached hydrogens (tertiary/aromatic N) is 2. The highest BCUT2D eigenvalue weighted by Crippen LogP contribution is 2.36. The van der Waals surface area contributed by atoms with E-state index in [-0.39, 0.29) is 28.5 Å². The first-order chi connectivity index (χ1) is 16.2. The number of hydrogen-bond donors (Lipinski definition) is 1. The molecule has 0 aliphatic carbocycles. The van der Waals surface area contributed by atoms with E-state index in [9.17, 15) is 28.1 Å². The van der Waals surface area contributed by atoms with Crippen molar-refractivity contribution in [1.29, 1.82) is 0 Å². The smallest absolute Gasteiger partial charge is 0.416 e. The highest BCUT2D eigenvalue weighted by Gasteiger charge is 2.32. The Morgan fingerprint density at radius 3 is 2.53 bits per heavy atom. The first-order valence-corrected chi connectivity index (χ1v) is 10.5. The van der Waals surface area contributed by atoms with Crippen LogP contribution < -0.4 is 10.2 Å². The minimum Gasteiger partial charge on any atom is -0.456 e. The fourth-order valence-corrected chi connectivity index (χ4v) is 3.81. The van der Waals surface area contributed by atoms with Crippen molar-refractivity contribution >= 4 is 29.0 Å². The second-order valence-electron chi connectivity index (χ2n) is 7.72. The van der Waals surface area contributed by atoms with E-state index in [0.29, 0.717) is 18.8 Å². The average Bonchev–Trinajstić information content (AvgIpc) is 3.49. The number of halogens is 3. The minimum absolute atomic E-state index is 0.0754. The molecule has 1 aliphatic heterocycles. The van der Waals surface area contributed by atoms with Gasteiger partial charge < -0.3 is 14.6 Å². The third-order valence-corrected chi connectivity index (χ3v) is 5.42. The number of nitro groups is 1. The van der Waals surface area contributed by atoms with E-state index < -0.39 is 22.6 Å². The first kappa shape index (κ1) is 23.1. The van der Waals surface area contributed by atoms with E-state index in [2.05, 4.69) is 5.32 Å². The maximum atomic E-state index is 13.2. The van der Waals surface area contributed by atoms with Gasteiger partial charge in [0.1, 0.15) is 11.5 Å². The number of carbonyl (C=O) groups is 1. The van der Waals surface area contributed by atoms with Crippen molar-refractivity contribution in [1.82, 2.24) is 0 Å². The topological polar surface area (TPSA) is 88.6 Å². The molecule has 0 radical (unpaired) electrons. The first-order valence-electron chi connectivity index (χ1n) is 10.5. The van der Waals surface area contributed by atoms with Gasteiger partial charge in [0, 0.05) is 25.2 Å². The summed E-state index contributed by atoms with van der Waals surface area (Å²) in [5.41, 5.74) is -0.0786. The van der Waals surface area contributed by atoms with E-state index in [4.69, 9.17) is 4.42 Å². The van der Waals surface area contributed by atoms with Crippen molar-refractivity contribution in [3.63, 3.8) is 0 Å². The van der Waals surface area contributed by atoms with E-state index in [1.54, 1.807) is 18.2 Å². The standard InChI is InChI=1S/C24H20F3N3O4/c25-24(26,27)16-7-10-21(29-13-3-4-14-29)19(15-16)28-23(31)12-9-17-8-11-22(34-17)18-5-1-2-6-20(18)30(32)33/h1-2,5-12,15H,3-4,13-14H2,(H,28,31). The maximum absolute atomic E-state index is 13.2. The number of benzene rings is 2. The van der Waals surface area contributed by atoms with Gasteiger partial charge in [0.25, 0.3) is 5.69 Å². The Morgan fingerprint density at radius 1 is 1.09 bits per heavy atom. The molecule has 3 aromatic rings. The van der Waals surface area contributed by atoms with Gasteiger partial charge in [0.15, 0.2) is 0 Å². The molecule has 0 bridgehead atoms. The van der Waals surface area contributed by atoms with Gasteiger partial charge in [-0.2, -0.15) is 13.2 Å². The molecule has 176 valence electrons. The SMILES string of the molecule is O=C(C=Cc1ccc(-c2ccccc2[N+](=O)[O-])o1)Nc1cc(C(F)(F)F)ccc1N1CCCC1. The van der Waals surface area contributed by atoms with Gasteiger partial charge in [-0.1, -0.05) is 12.1 Å². The van der Waals surface area contributed by atoms with Crippen LogP contribution in [0.1, 0.15) is 24.2 Å². The minimum atomic E-state index is -4.54. The highest BCUT2D eigenvalue weighted by molar-refractivity contribution is 6.03. The third-order valence-electron chi connectivity index (χ3n) is 5.42. The monoisotopic (exact) mass is 471 g/mol. The number of carbonyl (C=O) groups excluding carboxylic acids is 1. The molecule has 0 spiro atoms. The number of hydrogen-bond acceptors (Lipinski definition) is 5. The summed E-state index contributed by atoms with van der Waals surface area (Å²) in [4.78, 5) is 25.1. The number of furan rings is 1. The number of rotatable bonds is 6. The molecule has 0 atom stereocenters. The zero-order chi connectivity index (χ0) is 24.3. The molecule has 2 heterocycles. The number of para-hydroxylation sites is 1. The summed E-state index contributed by atoms with van der Waals surface area (Å²) in [6, 6.07) is 12.5. The van der Waals surface area contributed by atoms with E-state index >= 15 is 0 Å². The predicted molar refractivity (Wildman–Crippen MR) is 121 cm³/mol. The molecular weight excluding hydrogens is 451 g/mol. The molecule has 1 fully saturated rings. The molecule has 1 aromatic heterocycles. The summed E-state index contributed by atoms with van der Waals surface area (Å²) in [7, 11) is 0. The Labute approximate surface area is 192 Å². The van der Waals surface area contributed by atoms with Crippen molar-refractivity contribution in [2.24, 2.45) is 0 Å². The molecule has 0 saturated carbocycles. The zero-order valence-electron chi connectivity index (χ0n) is 17.8. The number of nitro benzene ring substituents is 1. The van der Waals surface area contributed by atoms with Crippen LogP contribution in [0.3, 0.4) is 0 Å². The van der Waals surface area contributed by atoms with Crippen LogP contribution in [0.2, 0.25) is 0 Å². The van der Waals surface area contributed by atoms with Crippen LogP contribution in [0.5, 0.6) is 0 Å². The van der Waals surface area contributed by atoms with Crippen LogP contribution in [0, 0.1) is 10.1 Å². The third kappa shape index (κ3) is 5.11. The Bertz CT molecular complexity index is 1240. The van der Waals surface area contributed by atoms with Crippen molar-refractivity contribution in [3.05, 3.63) is 82.1 Å². The lowest BCUT2D eigenvalue weighted by Crippen LogP contribution is -2.21. The molecule has 34 heavy (non-hydrogen) atoms. The molecule has 2 aromatic carbocycles. The van der Waals surface area contributed by atoms with Crippen LogP contribution in [-0.4, -0.2) is 23.9 Å². The van der Waals surface area contributed by atoms with E-state index in [0.717, 1.165) is 31.1 Å². The molecule has 1 amide bonds. The van der Waals surface area contributed by atoms with Gasteiger partial charge in [-0.3, -0.25) is 14.9 Å². The quantitative estimate of drug-likeness (QED) is 0.266. The summed E-state index contributed by atoms with van der Waals surface area (Å²) in [5.74, 6) is -0.128.